The van der Waals surface area contributed by atoms with Gasteiger partial charge in [0.25, 0.3) is 0 Å². The molecule has 0 amide bonds. The Balaban J connectivity index is 2.76. The first-order valence-corrected chi connectivity index (χ1v) is 5.80. The molecular weight excluding hydrogens is 192 g/mol. The van der Waals surface area contributed by atoms with Crippen molar-refractivity contribution in [2.75, 3.05) is 13.1 Å². The minimum absolute atomic E-state index is 0.251. The van der Waals surface area contributed by atoms with E-state index in [0.29, 0.717) is 12.8 Å². The highest BCUT2D eigenvalue weighted by molar-refractivity contribution is 5.78. The molecule has 0 aromatic rings. The molecule has 0 bridgehead atoms. The molecule has 0 atom stereocenters. The minimum atomic E-state index is -0.692. The topological polar surface area (TPSA) is 66.6 Å². The van der Waals surface area contributed by atoms with E-state index in [2.05, 4.69) is 4.90 Å². The van der Waals surface area contributed by atoms with E-state index in [-0.39, 0.29) is 6.04 Å². The van der Waals surface area contributed by atoms with Gasteiger partial charge < -0.3 is 10.8 Å². The molecule has 1 rings (SSSR count). The molecule has 88 valence electrons. The van der Waals surface area contributed by atoms with E-state index < -0.39 is 11.5 Å². The Hall–Kier alpha value is -0.610. The van der Waals surface area contributed by atoms with Gasteiger partial charge in [-0.3, -0.25) is 9.69 Å². The van der Waals surface area contributed by atoms with Crippen molar-refractivity contribution in [2.24, 2.45) is 5.73 Å². The highest BCUT2D eigenvalue weighted by atomic mass is 16.4. The zero-order chi connectivity index (χ0) is 11.5. The summed E-state index contributed by atoms with van der Waals surface area (Å²) in [6.07, 6.45) is 3.15. The molecule has 0 aliphatic carbocycles. The van der Waals surface area contributed by atoms with Crippen LogP contribution < -0.4 is 5.73 Å². The van der Waals surface area contributed by atoms with Gasteiger partial charge in [0, 0.05) is 19.1 Å². The maximum absolute atomic E-state index is 11.4. The molecule has 0 unspecified atom stereocenters. The molecule has 1 saturated heterocycles. The largest absolute Gasteiger partial charge is 0.480 e. The first-order valence-electron chi connectivity index (χ1n) is 5.80. The Morgan fingerprint density at radius 1 is 1.40 bits per heavy atom. The summed E-state index contributed by atoms with van der Waals surface area (Å²) in [7, 11) is 0. The lowest BCUT2D eigenvalue weighted by atomic mass is 9.88. The predicted molar refractivity (Wildman–Crippen MR) is 59.7 cm³/mol. The zero-order valence-corrected chi connectivity index (χ0v) is 9.70. The molecule has 0 spiro atoms. The molecule has 0 radical (unpaired) electrons. The van der Waals surface area contributed by atoms with Gasteiger partial charge in [-0.05, 0) is 25.7 Å². The Morgan fingerprint density at radius 2 is 1.87 bits per heavy atom. The first-order chi connectivity index (χ1) is 7.06. The molecule has 1 fully saturated rings. The predicted octanol–water partition coefficient (Wildman–Crippen LogP) is 1.05. The fourth-order valence-corrected chi connectivity index (χ4v) is 2.46. The van der Waals surface area contributed by atoms with Gasteiger partial charge in [0.1, 0.15) is 5.54 Å². The van der Waals surface area contributed by atoms with Crippen LogP contribution in [0.3, 0.4) is 0 Å². The van der Waals surface area contributed by atoms with E-state index in [4.69, 9.17) is 5.73 Å². The molecule has 1 aliphatic rings. The number of carboxylic acids is 1. The van der Waals surface area contributed by atoms with E-state index in [1.54, 1.807) is 0 Å². The molecule has 0 aromatic heterocycles. The monoisotopic (exact) mass is 214 g/mol. The van der Waals surface area contributed by atoms with Crippen molar-refractivity contribution < 1.29 is 9.90 Å². The van der Waals surface area contributed by atoms with Crippen LogP contribution in [0.15, 0.2) is 0 Å². The zero-order valence-electron chi connectivity index (χ0n) is 9.70. The van der Waals surface area contributed by atoms with Crippen LogP contribution in [0.5, 0.6) is 0 Å². The van der Waals surface area contributed by atoms with Crippen molar-refractivity contribution in [3.05, 3.63) is 0 Å². The second kappa shape index (κ2) is 4.94. The molecule has 1 aliphatic heterocycles. The Morgan fingerprint density at radius 3 is 2.20 bits per heavy atom. The molecule has 4 heteroatoms. The highest BCUT2D eigenvalue weighted by Gasteiger charge is 2.41. The number of rotatable bonds is 4. The molecule has 0 aromatic carbocycles. The summed E-state index contributed by atoms with van der Waals surface area (Å²) < 4.78 is 0. The number of aliphatic carboxylic acids is 1. The second-order valence-electron chi connectivity index (χ2n) is 4.37. The first kappa shape index (κ1) is 12.5. The lowest BCUT2D eigenvalue weighted by Crippen LogP contribution is -2.57. The normalized spacial score (nSPS) is 20.5. The van der Waals surface area contributed by atoms with Crippen molar-refractivity contribution in [2.45, 2.75) is 51.1 Å². The summed E-state index contributed by atoms with van der Waals surface area (Å²) in [5.41, 5.74) is 5.16. The maximum Gasteiger partial charge on any atom is 0.324 e. The average Bonchev–Trinajstić information content (AvgIpc) is 2.22. The lowest BCUT2D eigenvalue weighted by Gasteiger charge is -2.43. The van der Waals surface area contributed by atoms with Crippen LogP contribution in [0.2, 0.25) is 0 Å². The summed E-state index contributed by atoms with van der Waals surface area (Å²) in [5, 5.41) is 9.37. The second-order valence-corrected chi connectivity index (χ2v) is 4.37. The number of nitrogens with zero attached hydrogens (tertiary/aromatic N) is 1. The summed E-state index contributed by atoms with van der Waals surface area (Å²) in [5.74, 6) is -0.692. The summed E-state index contributed by atoms with van der Waals surface area (Å²) in [4.78, 5) is 13.5. The number of nitrogens with two attached hydrogens (primary N) is 1. The summed E-state index contributed by atoms with van der Waals surface area (Å²) in [6.45, 7) is 5.53. The van der Waals surface area contributed by atoms with Gasteiger partial charge in [-0.1, -0.05) is 13.8 Å². The molecule has 1 heterocycles. The van der Waals surface area contributed by atoms with Crippen LogP contribution in [0.4, 0.5) is 0 Å². The van der Waals surface area contributed by atoms with Gasteiger partial charge >= 0.3 is 5.97 Å². The third-order valence-electron chi connectivity index (χ3n) is 3.71. The smallest absolute Gasteiger partial charge is 0.324 e. The van der Waals surface area contributed by atoms with Crippen molar-refractivity contribution in [1.29, 1.82) is 0 Å². The maximum atomic E-state index is 11.4. The van der Waals surface area contributed by atoms with Crippen LogP contribution in [-0.2, 0) is 4.79 Å². The van der Waals surface area contributed by atoms with E-state index >= 15 is 0 Å². The van der Waals surface area contributed by atoms with E-state index in [1.165, 1.54) is 0 Å². The fourth-order valence-electron chi connectivity index (χ4n) is 2.46. The SMILES string of the molecule is CCC(CC)(C(=O)O)N1CCC(N)CC1. The van der Waals surface area contributed by atoms with Gasteiger partial charge in [-0.15, -0.1) is 0 Å². The van der Waals surface area contributed by atoms with Gasteiger partial charge in [-0.2, -0.15) is 0 Å². The van der Waals surface area contributed by atoms with Crippen LogP contribution in [0.1, 0.15) is 39.5 Å². The van der Waals surface area contributed by atoms with Crippen molar-refractivity contribution in [3.63, 3.8) is 0 Å². The van der Waals surface area contributed by atoms with Crippen molar-refractivity contribution in [3.8, 4) is 0 Å². The molecule has 4 nitrogen and oxygen atoms in total. The number of likely N-dealkylation sites (tertiary alicyclic amines) is 1. The van der Waals surface area contributed by atoms with Gasteiger partial charge in [0.05, 0.1) is 0 Å². The lowest BCUT2D eigenvalue weighted by molar-refractivity contribution is -0.153. The van der Waals surface area contributed by atoms with E-state index in [0.717, 1.165) is 25.9 Å². The Labute approximate surface area is 91.4 Å². The third-order valence-corrected chi connectivity index (χ3v) is 3.71. The number of piperidine rings is 1. The number of hydrogen-bond acceptors (Lipinski definition) is 3. The van der Waals surface area contributed by atoms with Crippen LogP contribution in [-0.4, -0.2) is 40.6 Å². The average molecular weight is 214 g/mol. The molecule has 15 heavy (non-hydrogen) atoms. The third kappa shape index (κ3) is 2.32. The molecule has 3 N–H and O–H groups in total. The van der Waals surface area contributed by atoms with Crippen LogP contribution in [0.25, 0.3) is 0 Å². The summed E-state index contributed by atoms with van der Waals surface area (Å²) >= 11 is 0. The van der Waals surface area contributed by atoms with Gasteiger partial charge in [-0.25, -0.2) is 0 Å². The number of hydrogen-bond donors (Lipinski definition) is 2. The number of carbonyl (C=O) groups is 1. The molecular formula is C11H22N2O2. The van der Waals surface area contributed by atoms with Crippen LogP contribution >= 0.6 is 0 Å². The highest BCUT2D eigenvalue weighted by Crippen LogP contribution is 2.27. The quantitative estimate of drug-likeness (QED) is 0.734. The van der Waals surface area contributed by atoms with Crippen molar-refractivity contribution >= 4 is 5.97 Å². The van der Waals surface area contributed by atoms with Crippen LogP contribution in [0, 0.1) is 0 Å². The standard InChI is InChI=1S/C11H22N2O2/c1-3-11(4-2,10(14)15)13-7-5-9(12)6-8-13/h9H,3-8,12H2,1-2H3,(H,14,15). The van der Waals surface area contributed by atoms with Crippen molar-refractivity contribution in [1.82, 2.24) is 4.90 Å². The van der Waals surface area contributed by atoms with Gasteiger partial charge in [0.15, 0.2) is 0 Å². The Kier molecular flexibility index (Phi) is 4.11. The van der Waals surface area contributed by atoms with E-state index in [9.17, 15) is 9.90 Å². The summed E-state index contributed by atoms with van der Waals surface area (Å²) in [6, 6.07) is 0.251. The molecule has 0 saturated carbocycles. The Bertz CT molecular complexity index is 219. The number of carboxylic acid groups (broad SMARTS) is 1. The van der Waals surface area contributed by atoms with E-state index in [1.807, 2.05) is 13.8 Å². The fraction of sp³-hybridized carbons (Fsp3) is 0.909. The van der Waals surface area contributed by atoms with Gasteiger partial charge in [0.2, 0.25) is 0 Å². The minimum Gasteiger partial charge on any atom is -0.480 e.